The number of hydrogen-bond donors (Lipinski definition) is 1. The van der Waals surface area contributed by atoms with Crippen LogP contribution in [0.5, 0.6) is 5.75 Å². The second-order valence-electron chi connectivity index (χ2n) is 9.90. The molecule has 0 aliphatic carbocycles. The highest BCUT2D eigenvalue weighted by Crippen LogP contribution is 2.36. The van der Waals surface area contributed by atoms with E-state index in [9.17, 15) is 9.90 Å². The average molecular weight is 426 g/mol. The van der Waals surface area contributed by atoms with E-state index in [1.54, 1.807) is 19.2 Å². The van der Waals surface area contributed by atoms with E-state index < -0.39 is 26.1 Å². The second kappa shape index (κ2) is 9.96. The minimum Gasteiger partial charge on any atom is -0.491 e. The Morgan fingerprint density at radius 2 is 1.62 bits per heavy atom. The quantitative estimate of drug-likeness (QED) is 0.469. The third kappa shape index (κ3) is 8.76. The van der Waals surface area contributed by atoms with E-state index >= 15 is 0 Å². The molecule has 0 spiro atoms. The molecule has 1 unspecified atom stereocenters. The Labute approximate surface area is 177 Å². The van der Waals surface area contributed by atoms with Crippen LogP contribution in [0, 0.1) is 0 Å². The molecule has 0 aliphatic heterocycles. The van der Waals surface area contributed by atoms with Gasteiger partial charge in [0.05, 0.1) is 19.3 Å². The van der Waals surface area contributed by atoms with Crippen LogP contribution in [0.1, 0.15) is 53.2 Å². The van der Waals surface area contributed by atoms with Gasteiger partial charge in [0, 0.05) is 7.05 Å². The van der Waals surface area contributed by atoms with Gasteiger partial charge in [-0.05, 0) is 56.6 Å². The van der Waals surface area contributed by atoms with E-state index in [0.29, 0.717) is 18.8 Å². The Kier molecular flexibility index (Phi) is 8.74. The number of nitrogens with zero attached hydrogens (tertiary/aromatic N) is 1. The molecule has 0 saturated carbocycles. The molecule has 0 heterocycles. The summed E-state index contributed by atoms with van der Waals surface area (Å²) in [7, 11) is -0.154. The van der Waals surface area contributed by atoms with E-state index in [1.807, 2.05) is 32.9 Å². The first kappa shape index (κ1) is 25.5. The first-order chi connectivity index (χ1) is 13.1. The van der Waals surface area contributed by atoms with Gasteiger partial charge in [-0.2, -0.15) is 0 Å². The van der Waals surface area contributed by atoms with Gasteiger partial charge in [0.2, 0.25) is 0 Å². The third-order valence-electron chi connectivity index (χ3n) is 5.04. The van der Waals surface area contributed by atoms with Gasteiger partial charge in [0.25, 0.3) is 0 Å². The topological polar surface area (TPSA) is 68.2 Å². The number of hydrogen-bond acceptors (Lipinski definition) is 5. The minimum atomic E-state index is -1.76. The molecule has 1 aromatic rings. The van der Waals surface area contributed by atoms with E-state index in [1.165, 1.54) is 4.90 Å². The number of likely N-dealkylation sites (N-methyl/N-ethyl adjacent to an activating group) is 1. The van der Waals surface area contributed by atoms with Gasteiger partial charge in [0.1, 0.15) is 18.0 Å². The van der Waals surface area contributed by atoms with Gasteiger partial charge in [-0.25, -0.2) is 4.79 Å². The van der Waals surface area contributed by atoms with Crippen molar-refractivity contribution in [2.24, 2.45) is 0 Å². The van der Waals surface area contributed by atoms with Crippen molar-refractivity contribution < 1.29 is 23.8 Å². The van der Waals surface area contributed by atoms with Crippen molar-refractivity contribution in [1.29, 1.82) is 0 Å². The highest BCUT2D eigenvalue weighted by Gasteiger charge is 2.36. The second-order valence-corrected chi connectivity index (χ2v) is 14.7. The maximum Gasteiger partial charge on any atom is 0.410 e. The molecule has 0 fully saturated rings. The lowest BCUT2D eigenvalue weighted by molar-refractivity contribution is 0.0205. The maximum absolute atomic E-state index is 12.0. The zero-order chi connectivity index (χ0) is 22.5. The Morgan fingerprint density at radius 1 is 1.07 bits per heavy atom. The zero-order valence-corrected chi connectivity index (χ0v) is 20.5. The van der Waals surface area contributed by atoms with E-state index in [2.05, 4.69) is 33.9 Å². The number of aliphatic hydroxyl groups excluding tert-OH is 1. The van der Waals surface area contributed by atoms with Crippen LogP contribution in [-0.4, -0.2) is 56.8 Å². The predicted molar refractivity (Wildman–Crippen MR) is 119 cm³/mol. The summed E-state index contributed by atoms with van der Waals surface area (Å²) in [5, 5.41) is 10.6. The average Bonchev–Trinajstić information content (AvgIpc) is 2.56. The lowest BCUT2D eigenvalue weighted by Crippen LogP contribution is -2.41. The van der Waals surface area contributed by atoms with E-state index in [0.717, 1.165) is 5.75 Å². The van der Waals surface area contributed by atoms with Crippen molar-refractivity contribution in [1.82, 2.24) is 4.90 Å². The van der Waals surface area contributed by atoms with Gasteiger partial charge in [-0.3, -0.25) is 0 Å². The van der Waals surface area contributed by atoms with E-state index in [4.69, 9.17) is 13.9 Å². The summed E-state index contributed by atoms with van der Waals surface area (Å²) in [6.07, 6.45) is -1.26. The molecule has 1 atom stereocenters. The fourth-order valence-corrected chi connectivity index (χ4v) is 3.26. The lowest BCUT2D eigenvalue weighted by Gasteiger charge is -2.36. The maximum atomic E-state index is 12.0. The van der Waals surface area contributed by atoms with Crippen molar-refractivity contribution in [2.75, 3.05) is 26.8 Å². The molecule has 0 aliphatic rings. The van der Waals surface area contributed by atoms with Crippen LogP contribution in [-0.2, 0) is 9.16 Å². The number of rotatable bonds is 8. The smallest absolute Gasteiger partial charge is 0.410 e. The number of amides is 1. The van der Waals surface area contributed by atoms with Crippen LogP contribution in [0.2, 0.25) is 18.1 Å². The van der Waals surface area contributed by atoms with Crippen molar-refractivity contribution in [2.45, 2.75) is 71.4 Å². The number of aliphatic hydroxyl groups is 1. The molecule has 166 valence electrons. The largest absolute Gasteiger partial charge is 0.491 e. The number of carbonyl (C=O) groups excluding carboxylic acids is 1. The molecule has 0 bridgehead atoms. The number of carbonyl (C=O) groups is 1. The molecule has 6 nitrogen and oxygen atoms in total. The molecule has 29 heavy (non-hydrogen) atoms. The zero-order valence-electron chi connectivity index (χ0n) is 19.5. The summed E-state index contributed by atoms with van der Waals surface area (Å²) in [5.41, 5.74) is 0.147. The van der Waals surface area contributed by atoms with Crippen molar-refractivity contribution in [3.05, 3.63) is 29.8 Å². The highest BCUT2D eigenvalue weighted by atomic mass is 28.4. The third-order valence-corrected chi connectivity index (χ3v) is 9.58. The molecular formula is C22H39NO5Si. The molecule has 1 aromatic carbocycles. The minimum absolute atomic E-state index is 0.148. The Morgan fingerprint density at radius 3 is 2.10 bits per heavy atom. The molecule has 0 radical (unpaired) electrons. The fourth-order valence-electron chi connectivity index (χ4n) is 2.24. The number of benzene rings is 1. The molecular weight excluding hydrogens is 386 g/mol. The summed E-state index contributed by atoms with van der Waals surface area (Å²) >= 11 is 0. The van der Waals surface area contributed by atoms with Gasteiger partial charge < -0.3 is 23.9 Å². The molecule has 0 aromatic heterocycles. The highest BCUT2D eigenvalue weighted by molar-refractivity contribution is 6.74. The van der Waals surface area contributed by atoms with Crippen LogP contribution in [0.25, 0.3) is 0 Å². The Balaban J connectivity index is 2.49. The normalized spacial score (nSPS) is 13.7. The molecule has 7 heteroatoms. The van der Waals surface area contributed by atoms with Crippen LogP contribution >= 0.6 is 0 Å². The van der Waals surface area contributed by atoms with Crippen LogP contribution < -0.4 is 4.74 Å². The summed E-state index contributed by atoms with van der Waals surface area (Å²) in [6.45, 7) is 17.7. The fraction of sp³-hybridized carbons (Fsp3) is 0.682. The van der Waals surface area contributed by atoms with Crippen LogP contribution in [0.15, 0.2) is 24.3 Å². The SMILES string of the molecule is CN(CC(O)c1ccc(OCCO[Si](C)(C)C(C)(C)C)cc1)C(=O)OC(C)(C)C. The number of ether oxygens (including phenoxy) is 2. The van der Waals surface area contributed by atoms with Crippen molar-refractivity contribution in [3.8, 4) is 5.75 Å². The summed E-state index contributed by atoms with van der Waals surface area (Å²) in [4.78, 5) is 13.4. The standard InChI is InChI=1S/C22H39NO5Si/c1-21(2,3)28-20(25)23(7)16-19(24)17-10-12-18(13-11-17)26-14-15-27-29(8,9)22(4,5)6/h10-13,19,24H,14-16H2,1-9H3. The molecule has 1 rings (SSSR count). The first-order valence-electron chi connectivity index (χ1n) is 10.1. The van der Waals surface area contributed by atoms with Gasteiger partial charge in [-0.1, -0.05) is 32.9 Å². The lowest BCUT2D eigenvalue weighted by atomic mass is 10.1. The Bertz CT molecular complexity index is 647. The van der Waals surface area contributed by atoms with Gasteiger partial charge in [0.15, 0.2) is 8.32 Å². The van der Waals surface area contributed by atoms with Crippen molar-refractivity contribution >= 4 is 14.4 Å². The monoisotopic (exact) mass is 425 g/mol. The summed E-state index contributed by atoms with van der Waals surface area (Å²) in [5.74, 6) is 0.722. The van der Waals surface area contributed by atoms with Crippen LogP contribution in [0.4, 0.5) is 4.79 Å². The summed E-state index contributed by atoms with van der Waals surface area (Å²) in [6, 6.07) is 7.24. The first-order valence-corrected chi connectivity index (χ1v) is 13.0. The predicted octanol–water partition coefficient (Wildman–Crippen LogP) is 4.99. The Hall–Kier alpha value is -1.57. The van der Waals surface area contributed by atoms with Gasteiger partial charge in [-0.15, -0.1) is 0 Å². The molecule has 1 amide bonds. The van der Waals surface area contributed by atoms with Crippen LogP contribution in [0.3, 0.4) is 0 Å². The molecule has 1 N–H and O–H groups in total. The van der Waals surface area contributed by atoms with Gasteiger partial charge >= 0.3 is 6.09 Å². The molecule has 0 saturated heterocycles. The summed E-state index contributed by atoms with van der Waals surface area (Å²) < 4.78 is 17.2. The van der Waals surface area contributed by atoms with E-state index in [-0.39, 0.29) is 11.6 Å². The van der Waals surface area contributed by atoms with Crippen molar-refractivity contribution in [3.63, 3.8) is 0 Å².